The molecule has 0 saturated heterocycles. The molecule has 410 valence electrons. The van der Waals surface area contributed by atoms with Gasteiger partial charge in [0.2, 0.25) is 0 Å². The summed E-state index contributed by atoms with van der Waals surface area (Å²) in [6.45, 7) is 34.3. The minimum absolute atomic E-state index is 0.795. The summed E-state index contributed by atoms with van der Waals surface area (Å²) in [7, 11) is 4.92. The van der Waals surface area contributed by atoms with Gasteiger partial charge < -0.3 is 0 Å². The molecule has 0 fully saturated rings. The van der Waals surface area contributed by atoms with Gasteiger partial charge in [-0.05, 0) is 35.1 Å². The number of fused-ring (bicyclic) bond motifs is 5. The van der Waals surface area contributed by atoms with E-state index in [1.54, 1.807) is 20.7 Å². The smallest absolute Gasteiger partial charge is 0.0920 e. The number of rotatable bonds is 12. The summed E-state index contributed by atoms with van der Waals surface area (Å²) in [5, 5.41) is 14.7. The molecule has 1 heterocycles. The van der Waals surface area contributed by atoms with E-state index in [9.17, 15) is 0 Å². The molecule has 80 heavy (non-hydrogen) atoms. The molecule has 0 spiro atoms. The summed E-state index contributed by atoms with van der Waals surface area (Å²) in [5.41, 5.74) is 16.8. The Labute approximate surface area is 506 Å². The summed E-state index contributed by atoms with van der Waals surface area (Å²) >= 11 is -0.826. The van der Waals surface area contributed by atoms with Crippen molar-refractivity contribution >= 4 is 112 Å². The van der Waals surface area contributed by atoms with Gasteiger partial charge in [0.15, 0.2) is 0 Å². The van der Waals surface area contributed by atoms with Crippen molar-refractivity contribution in [3.05, 3.63) is 205 Å². The van der Waals surface area contributed by atoms with Crippen LogP contribution in [0.1, 0.15) is 37.8 Å². The maximum absolute atomic E-state index is 4.93. The molecule has 0 aromatic heterocycles. The first-order valence-corrected chi connectivity index (χ1v) is 50.1. The first kappa shape index (κ1) is 61.6. The molecule has 0 nitrogen and oxygen atoms in total. The van der Waals surface area contributed by atoms with Crippen molar-refractivity contribution in [1.29, 1.82) is 0 Å². The zero-order valence-corrected chi connectivity index (χ0v) is 59.0. The maximum Gasteiger partial charge on any atom is 0.0920 e. The van der Waals surface area contributed by atoms with Gasteiger partial charge in [-0.15, -0.1) is 74.6 Å². The summed E-state index contributed by atoms with van der Waals surface area (Å²) in [6, 6.07) is 74.0. The van der Waals surface area contributed by atoms with Gasteiger partial charge in [0, 0.05) is 0 Å². The van der Waals surface area contributed by atoms with Crippen LogP contribution in [-0.4, -0.2) is 41.8 Å². The summed E-state index contributed by atoms with van der Waals surface area (Å²) in [5.74, 6) is 0. The summed E-state index contributed by atoms with van der Waals surface area (Å²) < 4.78 is 0. The van der Waals surface area contributed by atoms with E-state index in [2.05, 4.69) is 280 Å². The van der Waals surface area contributed by atoms with Crippen molar-refractivity contribution in [1.82, 2.24) is 0 Å². The quantitative estimate of drug-likeness (QED) is 0.0845. The standard InChI is InChI=1S/2C30H37Si2.C12H7Si.2ClH.Zr/c2*1-8-12-23-15-16-24-17-25(22-13-10-9-11-14-22)20-29(24)30(23)26-18-27(31(2,3)4)21-28(19-26)32(5,6)7;1-3-7-11-9(5-1)10-6-2-4-8-12(10)13-11;;;/h2*9-11,13-21H,8,12H2,1-7H3;1-7H;2*1H;/q3*-1;;;+2/p-2. The minimum Gasteiger partial charge on any atom is -0.184 e. The fourth-order valence-corrected chi connectivity index (χ4v) is 17.2. The van der Waals surface area contributed by atoms with Crippen LogP contribution in [-0.2, 0) is 33.7 Å². The third kappa shape index (κ3) is 14.8. The number of benzene rings is 8. The largest absolute Gasteiger partial charge is 0.184 e. The predicted molar refractivity (Wildman–Crippen MR) is 368 cm³/mol. The molecule has 10 aromatic carbocycles. The van der Waals surface area contributed by atoms with Crippen LogP contribution >= 0.6 is 17.0 Å². The molecule has 0 saturated carbocycles. The predicted octanol–water partition coefficient (Wildman–Crippen LogP) is 18.4. The molecule has 0 unspecified atom stereocenters. The summed E-state index contributed by atoms with van der Waals surface area (Å²) in [6.07, 6.45) is 4.58. The zero-order chi connectivity index (χ0) is 57.6. The first-order chi connectivity index (χ1) is 38.0. The van der Waals surface area contributed by atoms with E-state index in [4.69, 9.17) is 17.0 Å². The first-order valence-electron chi connectivity index (χ1n) is 28.7. The van der Waals surface area contributed by atoms with E-state index in [0.717, 1.165) is 22.4 Å². The van der Waals surface area contributed by atoms with Gasteiger partial charge in [0.05, 0.1) is 41.8 Å². The van der Waals surface area contributed by atoms with Crippen molar-refractivity contribution in [3.63, 3.8) is 0 Å². The fourth-order valence-electron chi connectivity index (χ4n) is 10.9. The van der Waals surface area contributed by atoms with Crippen LogP contribution in [0.15, 0.2) is 188 Å². The number of hydrogen-bond acceptors (Lipinski definition) is 0. The van der Waals surface area contributed by atoms with Crippen LogP contribution in [0, 0.1) is 6.07 Å². The van der Waals surface area contributed by atoms with Crippen LogP contribution in [0.5, 0.6) is 0 Å². The second-order valence-electron chi connectivity index (χ2n) is 25.7. The Bertz CT molecular complexity index is 3390. The molecule has 1 aliphatic rings. The molecule has 8 heteroatoms. The van der Waals surface area contributed by atoms with Crippen molar-refractivity contribution in [2.75, 3.05) is 0 Å². The van der Waals surface area contributed by atoms with Gasteiger partial charge in [-0.1, -0.05) is 292 Å². The van der Waals surface area contributed by atoms with Gasteiger partial charge >= 0.3 is 37.9 Å². The van der Waals surface area contributed by atoms with E-state index >= 15 is 0 Å². The van der Waals surface area contributed by atoms with E-state index in [1.165, 1.54) is 112 Å². The SMILES string of the molecule is CCCc1ccc2[cH-]c(-c3ccccc3)cc2c1-c1cc([Si](C)(C)C)cc([Si](C)(C)C)c1.CCCc1ccc2[cH-]c(-c3ccccc3)cc2c1-c1cc([Si](C)(C)C)cc([Si](C)(C)C)c1.[Cl][Zr][Cl].[c-]1cccc2c1[Si]c1ccccc1-2. The molecule has 10 aromatic rings. The molecule has 0 N–H and O–H groups in total. The van der Waals surface area contributed by atoms with Crippen LogP contribution < -0.4 is 31.1 Å². The topological polar surface area (TPSA) is 0 Å². The third-order valence-electron chi connectivity index (χ3n) is 15.4. The van der Waals surface area contributed by atoms with Crippen LogP contribution in [0.2, 0.25) is 78.6 Å². The van der Waals surface area contributed by atoms with Gasteiger partial charge in [0.1, 0.15) is 0 Å². The van der Waals surface area contributed by atoms with Crippen LogP contribution in [0.25, 0.3) is 77.2 Å². The number of aryl methyl sites for hydroxylation is 2. The average Bonchev–Trinajstić information content (AvgIpc) is 4.25. The second-order valence-corrected chi connectivity index (χ2v) is 51.1. The van der Waals surface area contributed by atoms with Gasteiger partial charge in [0.25, 0.3) is 0 Å². The fraction of sp³-hybridized carbons (Fsp3) is 0.250. The van der Waals surface area contributed by atoms with E-state index in [0.29, 0.717) is 0 Å². The van der Waals surface area contributed by atoms with Crippen molar-refractivity contribution < 1.29 is 20.8 Å². The van der Waals surface area contributed by atoms with Crippen LogP contribution in [0.4, 0.5) is 0 Å². The van der Waals surface area contributed by atoms with E-state index in [1.807, 2.05) is 6.07 Å². The Kier molecular flexibility index (Phi) is 20.3. The molecular weight excluding hydrogens is 1170 g/mol. The average molecular weight is 1250 g/mol. The van der Waals surface area contributed by atoms with E-state index in [-0.39, 0.29) is 0 Å². The Morgan fingerprint density at radius 1 is 0.425 bits per heavy atom. The Balaban J connectivity index is 0.000000165. The molecule has 1 aliphatic heterocycles. The number of halogens is 2. The molecular formula is C72H81Cl2Si5Zr-3. The minimum atomic E-state index is -1.44. The Morgan fingerprint density at radius 2 is 0.800 bits per heavy atom. The number of hydrogen-bond donors (Lipinski definition) is 0. The van der Waals surface area contributed by atoms with Gasteiger partial charge in [-0.2, -0.15) is 29.5 Å². The van der Waals surface area contributed by atoms with Gasteiger partial charge in [-0.3, -0.25) is 0 Å². The third-order valence-corrected chi connectivity index (χ3v) is 24.9. The van der Waals surface area contributed by atoms with Crippen molar-refractivity contribution in [2.45, 2.75) is 118 Å². The second kappa shape index (κ2) is 26.4. The molecule has 11 rings (SSSR count). The van der Waals surface area contributed by atoms with Gasteiger partial charge in [-0.25, -0.2) is 0 Å². The Hall–Kier alpha value is -4.47. The molecule has 0 bridgehead atoms. The normalized spacial score (nSPS) is 12.2. The molecule has 2 radical (unpaired) electrons. The maximum atomic E-state index is 4.93. The van der Waals surface area contributed by atoms with Crippen molar-refractivity contribution in [2.24, 2.45) is 0 Å². The Morgan fingerprint density at radius 3 is 1.19 bits per heavy atom. The van der Waals surface area contributed by atoms with Crippen molar-refractivity contribution in [3.8, 4) is 55.6 Å². The zero-order valence-electron chi connectivity index (χ0n) is 50.0. The summed E-state index contributed by atoms with van der Waals surface area (Å²) in [4.78, 5) is 0. The van der Waals surface area contributed by atoms with E-state index < -0.39 is 53.1 Å². The molecule has 0 atom stereocenters. The molecule has 0 aliphatic carbocycles. The monoisotopic (exact) mass is 1250 g/mol. The molecule has 0 amide bonds. The van der Waals surface area contributed by atoms with Crippen LogP contribution in [0.3, 0.4) is 0 Å².